The summed E-state index contributed by atoms with van der Waals surface area (Å²) in [7, 11) is 1.54. The van der Waals surface area contributed by atoms with Crippen LogP contribution < -0.4 is 10.6 Å². The molecule has 7 nitrogen and oxygen atoms in total. The summed E-state index contributed by atoms with van der Waals surface area (Å²) >= 11 is 0. The molecule has 0 aliphatic carbocycles. The highest BCUT2D eigenvalue weighted by atomic mass is 16.5. The molecular formula is C19H27N3O4. The summed E-state index contributed by atoms with van der Waals surface area (Å²) < 4.78 is 4.96. The minimum atomic E-state index is -1.18. The molecule has 4 amide bonds. The maximum absolute atomic E-state index is 12.8. The lowest BCUT2D eigenvalue weighted by Crippen LogP contribution is -2.45. The molecule has 26 heavy (non-hydrogen) atoms. The lowest BCUT2D eigenvalue weighted by atomic mass is 9.90. The van der Waals surface area contributed by atoms with Crippen molar-refractivity contribution in [2.75, 3.05) is 20.3 Å². The Morgan fingerprint density at radius 1 is 1.23 bits per heavy atom. The first-order valence-electron chi connectivity index (χ1n) is 8.72. The van der Waals surface area contributed by atoms with E-state index in [1.165, 1.54) is 7.11 Å². The van der Waals surface area contributed by atoms with Crippen molar-refractivity contribution in [3.05, 3.63) is 35.4 Å². The van der Waals surface area contributed by atoms with Crippen molar-refractivity contribution < 1.29 is 19.1 Å². The lowest BCUT2D eigenvalue weighted by molar-refractivity contribution is -0.135. The van der Waals surface area contributed by atoms with E-state index in [2.05, 4.69) is 24.5 Å². The van der Waals surface area contributed by atoms with E-state index in [9.17, 15) is 14.4 Å². The number of amides is 4. The molecule has 1 aliphatic rings. The third-order valence-corrected chi connectivity index (χ3v) is 4.56. The monoisotopic (exact) mass is 361 g/mol. The summed E-state index contributed by atoms with van der Waals surface area (Å²) in [6, 6.07) is 6.82. The van der Waals surface area contributed by atoms with Gasteiger partial charge in [-0.1, -0.05) is 38.1 Å². The van der Waals surface area contributed by atoms with Crippen LogP contribution >= 0.6 is 0 Å². The topological polar surface area (TPSA) is 87.7 Å². The number of hydrogen-bond acceptors (Lipinski definition) is 4. The van der Waals surface area contributed by atoms with Gasteiger partial charge in [0.2, 0.25) is 5.91 Å². The van der Waals surface area contributed by atoms with Crippen LogP contribution in [0.4, 0.5) is 4.79 Å². The first kappa shape index (κ1) is 19.9. The highest BCUT2D eigenvalue weighted by molar-refractivity contribution is 6.09. The van der Waals surface area contributed by atoms with Crippen LogP contribution in [0.15, 0.2) is 24.3 Å². The first-order chi connectivity index (χ1) is 12.2. The Labute approximate surface area is 154 Å². The van der Waals surface area contributed by atoms with Crippen molar-refractivity contribution in [2.45, 2.75) is 45.2 Å². The zero-order valence-corrected chi connectivity index (χ0v) is 16.0. The third-order valence-electron chi connectivity index (χ3n) is 4.56. The van der Waals surface area contributed by atoms with Gasteiger partial charge in [0.1, 0.15) is 12.1 Å². The van der Waals surface area contributed by atoms with Gasteiger partial charge in [-0.3, -0.25) is 14.5 Å². The van der Waals surface area contributed by atoms with E-state index < -0.39 is 23.4 Å². The summed E-state index contributed by atoms with van der Waals surface area (Å²) in [5.74, 6) is -0.466. The smallest absolute Gasteiger partial charge is 0.325 e. The number of benzene rings is 1. The molecule has 1 aromatic carbocycles. The second-order valence-corrected chi connectivity index (χ2v) is 7.15. The number of urea groups is 1. The SMILES string of the molecule is COC[C@H](C)NC(=O)CN1C(=O)N[C@](C)(c2ccc(C(C)C)cc2)C1=O. The highest BCUT2D eigenvalue weighted by Crippen LogP contribution is 2.29. The molecule has 1 aliphatic heterocycles. The maximum atomic E-state index is 12.8. The lowest BCUT2D eigenvalue weighted by Gasteiger charge is -2.23. The van der Waals surface area contributed by atoms with Crippen molar-refractivity contribution >= 4 is 17.8 Å². The molecule has 1 aromatic rings. The number of hydrogen-bond donors (Lipinski definition) is 2. The number of imide groups is 1. The molecule has 2 N–H and O–H groups in total. The zero-order valence-electron chi connectivity index (χ0n) is 16.0. The standard InChI is InChI=1S/C19H27N3O4/c1-12(2)14-6-8-15(9-7-14)19(4)17(24)22(18(25)21-19)10-16(23)20-13(3)11-26-5/h6-9,12-13H,10-11H2,1-5H3,(H,20,23)(H,21,25)/t13-,19+/m0/s1. The molecule has 2 atom stereocenters. The van der Waals surface area contributed by atoms with E-state index in [0.717, 1.165) is 10.5 Å². The zero-order chi connectivity index (χ0) is 19.5. The molecule has 0 spiro atoms. The van der Waals surface area contributed by atoms with Crippen LogP contribution in [0.2, 0.25) is 0 Å². The summed E-state index contributed by atoms with van der Waals surface area (Å²) in [6.07, 6.45) is 0. The fourth-order valence-corrected chi connectivity index (χ4v) is 2.99. The van der Waals surface area contributed by atoms with Crippen LogP contribution in [0.5, 0.6) is 0 Å². The van der Waals surface area contributed by atoms with Crippen LogP contribution in [0.1, 0.15) is 44.7 Å². The van der Waals surface area contributed by atoms with Crippen LogP contribution in [-0.2, 0) is 19.9 Å². The van der Waals surface area contributed by atoms with Gasteiger partial charge in [-0.05, 0) is 30.9 Å². The fourth-order valence-electron chi connectivity index (χ4n) is 2.99. The van der Waals surface area contributed by atoms with Gasteiger partial charge in [0.05, 0.1) is 6.61 Å². The molecule has 1 saturated heterocycles. The molecule has 0 saturated carbocycles. The summed E-state index contributed by atoms with van der Waals surface area (Å²) in [5.41, 5.74) is 0.666. The maximum Gasteiger partial charge on any atom is 0.325 e. The Morgan fingerprint density at radius 2 is 1.85 bits per heavy atom. The quantitative estimate of drug-likeness (QED) is 0.724. The van der Waals surface area contributed by atoms with Gasteiger partial charge in [0, 0.05) is 13.2 Å². The van der Waals surface area contributed by atoms with Crippen LogP contribution in [0.25, 0.3) is 0 Å². The number of nitrogens with zero attached hydrogens (tertiary/aromatic N) is 1. The normalized spacial score (nSPS) is 21.1. The number of rotatable bonds is 7. The minimum absolute atomic E-state index is 0.205. The average molecular weight is 361 g/mol. The highest BCUT2D eigenvalue weighted by Gasteiger charge is 2.49. The summed E-state index contributed by atoms with van der Waals surface area (Å²) in [6.45, 7) is 7.65. The molecule has 1 heterocycles. The Hall–Kier alpha value is -2.41. The van der Waals surface area contributed by atoms with Crippen LogP contribution in [-0.4, -0.2) is 49.0 Å². The average Bonchev–Trinajstić information content (AvgIpc) is 2.79. The molecule has 0 bridgehead atoms. The Bertz CT molecular complexity index is 687. The van der Waals surface area contributed by atoms with Crippen molar-refractivity contribution in [3.8, 4) is 0 Å². The predicted octanol–water partition coefficient (Wildman–Crippen LogP) is 1.73. The summed E-state index contributed by atoms with van der Waals surface area (Å²) in [5, 5.41) is 5.41. The van der Waals surface area contributed by atoms with E-state index >= 15 is 0 Å². The van der Waals surface area contributed by atoms with Crippen molar-refractivity contribution in [3.63, 3.8) is 0 Å². The van der Waals surface area contributed by atoms with E-state index in [1.54, 1.807) is 13.8 Å². The van der Waals surface area contributed by atoms with Crippen molar-refractivity contribution in [1.29, 1.82) is 0 Å². The molecule has 142 valence electrons. The van der Waals surface area contributed by atoms with E-state index in [-0.39, 0.29) is 12.6 Å². The van der Waals surface area contributed by atoms with Gasteiger partial charge < -0.3 is 15.4 Å². The number of carbonyl (C=O) groups is 3. The molecule has 0 aromatic heterocycles. The number of carbonyl (C=O) groups excluding carboxylic acids is 3. The molecule has 1 fully saturated rings. The van der Waals surface area contributed by atoms with Crippen molar-refractivity contribution in [2.24, 2.45) is 0 Å². The number of nitrogens with one attached hydrogen (secondary N) is 2. The largest absolute Gasteiger partial charge is 0.383 e. The Balaban J connectivity index is 2.12. The number of ether oxygens (including phenoxy) is 1. The molecule has 2 rings (SSSR count). The van der Waals surface area contributed by atoms with Crippen LogP contribution in [0, 0.1) is 0 Å². The second kappa shape index (κ2) is 7.86. The molecule has 0 unspecified atom stereocenters. The molecule has 0 radical (unpaired) electrons. The van der Waals surface area contributed by atoms with Crippen LogP contribution in [0.3, 0.4) is 0 Å². The Morgan fingerprint density at radius 3 is 2.38 bits per heavy atom. The third kappa shape index (κ3) is 4.04. The van der Waals surface area contributed by atoms with Gasteiger partial charge in [0.25, 0.3) is 5.91 Å². The number of methoxy groups -OCH3 is 1. The van der Waals surface area contributed by atoms with Gasteiger partial charge in [0.15, 0.2) is 0 Å². The van der Waals surface area contributed by atoms with Gasteiger partial charge in [-0.2, -0.15) is 0 Å². The Kier molecular flexibility index (Phi) is 6.02. The van der Waals surface area contributed by atoms with Crippen molar-refractivity contribution in [1.82, 2.24) is 15.5 Å². The first-order valence-corrected chi connectivity index (χ1v) is 8.72. The summed E-state index contributed by atoms with van der Waals surface area (Å²) in [4.78, 5) is 38.2. The predicted molar refractivity (Wildman–Crippen MR) is 97.6 cm³/mol. The minimum Gasteiger partial charge on any atom is -0.383 e. The molecular weight excluding hydrogens is 334 g/mol. The van der Waals surface area contributed by atoms with Gasteiger partial charge >= 0.3 is 6.03 Å². The van der Waals surface area contributed by atoms with Gasteiger partial charge in [-0.25, -0.2) is 4.79 Å². The van der Waals surface area contributed by atoms with E-state index in [0.29, 0.717) is 18.1 Å². The van der Waals surface area contributed by atoms with Gasteiger partial charge in [-0.15, -0.1) is 0 Å². The van der Waals surface area contributed by atoms with E-state index in [1.807, 2.05) is 24.3 Å². The fraction of sp³-hybridized carbons (Fsp3) is 0.526. The second-order valence-electron chi connectivity index (χ2n) is 7.15. The molecule has 7 heteroatoms. The van der Waals surface area contributed by atoms with E-state index in [4.69, 9.17) is 4.74 Å².